The number of hydrogen-bond acceptors (Lipinski definition) is 3. The van der Waals surface area contributed by atoms with Gasteiger partial charge in [-0.3, -0.25) is 0 Å². The van der Waals surface area contributed by atoms with Crippen LogP contribution in [0.4, 0.5) is 5.69 Å². The molecule has 2 aromatic rings. The minimum absolute atomic E-state index is 0.118. The van der Waals surface area contributed by atoms with Gasteiger partial charge in [0.15, 0.2) is 0 Å². The Labute approximate surface area is 123 Å². The molecule has 0 spiro atoms. The molecule has 3 heteroatoms. The van der Waals surface area contributed by atoms with Gasteiger partial charge in [0.1, 0.15) is 10.5 Å². The summed E-state index contributed by atoms with van der Waals surface area (Å²) in [5, 5.41) is 1.04. The fraction of sp³-hybridized carbons (Fsp3) is 0.235. The van der Waals surface area contributed by atoms with Crippen LogP contribution in [0.1, 0.15) is 24.0 Å². The molecule has 1 aliphatic rings. The van der Waals surface area contributed by atoms with Gasteiger partial charge < -0.3 is 4.74 Å². The van der Waals surface area contributed by atoms with Crippen molar-refractivity contribution >= 4 is 22.5 Å². The molecule has 2 aromatic carbocycles. The van der Waals surface area contributed by atoms with E-state index >= 15 is 0 Å². The lowest BCUT2D eigenvalue weighted by Gasteiger charge is -2.30. The monoisotopic (exact) mass is 283 g/mol. The Morgan fingerprint density at radius 1 is 1.00 bits per heavy atom. The van der Waals surface area contributed by atoms with E-state index in [2.05, 4.69) is 31.2 Å². The maximum Gasteiger partial charge on any atom is 0.115 e. The van der Waals surface area contributed by atoms with Crippen molar-refractivity contribution in [2.75, 3.05) is 7.11 Å². The molecule has 1 heterocycles. The standard InChI is InChI=1S/C17H17NOS/c1-12-14-10-6-7-11-15(14)16(20-17(12)19-2)18-13-8-4-3-5-9-13/h3-12,17H,1-2H3/t12-,17-/m1/s1. The first-order valence-electron chi connectivity index (χ1n) is 6.72. The van der Waals surface area contributed by atoms with Gasteiger partial charge in [-0.15, -0.1) is 0 Å². The molecule has 0 bridgehead atoms. The molecule has 0 unspecified atom stereocenters. The van der Waals surface area contributed by atoms with Gasteiger partial charge in [0, 0.05) is 18.6 Å². The average Bonchev–Trinajstić information content (AvgIpc) is 2.51. The van der Waals surface area contributed by atoms with E-state index in [-0.39, 0.29) is 5.44 Å². The third kappa shape index (κ3) is 2.51. The topological polar surface area (TPSA) is 21.6 Å². The third-order valence-electron chi connectivity index (χ3n) is 3.54. The number of ether oxygens (including phenoxy) is 1. The Balaban J connectivity index is 2.07. The molecule has 0 amide bonds. The maximum atomic E-state index is 5.61. The zero-order valence-electron chi connectivity index (χ0n) is 11.6. The van der Waals surface area contributed by atoms with Crippen LogP contribution in [0.25, 0.3) is 0 Å². The predicted octanol–water partition coefficient (Wildman–Crippen LogP) is 4.59. The summed E-state index contributed by atoms with van der Waals surface area (Å²) in [6.07, 6.45) is 0. The van der Waals surface area contributed by atoms with Crippen LogP contribution >= 0.6 is 11.8 Å². The van der Waals surface area contributed by atoms with Crippen molar-refractivity contribution in [1.29, 1.82) is 0 Å². The van der Waals surface area contributed by atoms with Crippen LogP contribution < -0.4 is 0 Å². The number of fused-ring (bicyclic) bond motifs is 1. The largest absolute Gasteiger partial charge is 0.370 e. The zero-order chi connectivity index (χ0) is 13.9. The Hall–Kier alpha value is -1.58. The number of rotatable bonds is 2. The SMILES string of the molecule is CO[C@@H]1SC(=Nc2ccccc2)c2ccccc2[C@H]1C. The molecular formula is C17H17NOS. The quantitative estimate of drug-likeness (QED) is 0.804. The van der Waals surface area contributed by atoms with Gasteiger partial charge in [-0.1, -0.05) is 61.2 Å². The van der Waals surface area contributed by atoms with E-state index in [0.29, 0.717) is 5.92 Å². The molecule has 0 radical (unpaired) electrons. The Kier molecular flexibility index (Phi) is 3.90. The van der Waals surface area contributed by atoms with E-state index in [0.717, 1.165) is 10.7 Å². The first-order valence-corrected chi connectivity index (χ1v) is 7.60. The van der Waals surface area contributed by atoms with Crippen LogP contribution in [0.3, 0.4) is 0 Å². The van der Waals surface area contributed by atoms with Crippen molar-refractivity contribution in [2.45, 2.75) is 18.3 Å². The van der Waals surface area contributed by atoms with Crippen molar-refractivity contribution in [3.8, 4) is 0 Å². The summed E-state index contributed by atoms with van der Waals surface area (Å²) < 4.78 is 5.61. The third-order valence-corrected chi connectivity index (χ3v) is 4.90. The Bertz CT molecular complexity index is 624. The molecule has 1 aliphatic heterocycles. The van der Waals surface area contributed by atoms with E-state index in [1.54, 1.807) is 18.9 Å². The van der Waals surface area contributed by atoms with Crippen LogP contribution in [0.2, 0.25) is 0 Å². The second-order valence-corrected chi connectivity index (χ2v) is 5.94. The number of aliphatic imine (C=N–C) groups is 1. The number of hydrogen-bond donors (Lipinski definition) is 0. The number of thioether (sulfide) groups is 1. The van der Waals surface area contributed by atoms with Gasteiger partial charge >= 0.3 is 0 Å². The minimum atomic E-state index is 0.118. The molecule has 2 atom stereocenters. The maximum absolute atomic E-state index is 5.61. The van der Waals surface area contributed by atoms with Crippen molar-refractivity contribution in [2.24, 2.45) is 4.99 Å². The fourth-order valence-electron chi connectivity index (χ4n) is 2.47. The zero-order valence-corrected chi connectivity index (χ0v) is 12.4. The lowest BCUT2D eigenvalue weighted by Crippen LogP contribution is -2.24. The normalized spacial score (nSPS) is 23.6. The summed E-state index contributed by atoms with van der Waals surface area (Å²) in [7, 11) is 1.77. The van der Waals surface area contributed by atoms with E-state index in [1.807, 2.05) is 30.3 Å². The molecule has 0 aliphatic carbocycles. The number of nitrogens with zero attached hydrogens (tertiary/aromatic N) is 1. The van der Waals surface area contributed by atoms with Gasteiger partial charge in [-0.2, -0.15) is 0 Å². The van der Waals surface area contributed by atoms with Crippen LogP contribution in [0.5, 0.6) is 0 Å². The Morgan fingerprint density at radius 2 is 1.70 bits per heavy atom. The number of para-hydroxylation sites is 1. The average molecular weight is 283 g/mol. The molecule has 20 heavy (non-hydrogen) atoms. The second-order valence-electron chi connectivity index (χ2n) is 4.85. The van der Waals surface area contributed by atoms with Crippen molar-refractivity contribution in [1.82, 2.24) is 0 Å². The highest BCUT2D eigenvalue weighted by atomic mass is 32.2. The highest BCUT2D eigenvalue weighted by molar-refractivity contribution is 8.15. The highest BCUT2D eigenvalue weighted by Gasteiger charge is 2.30. The lowest BCUT2D eigenvalue weighted by atomic mass is 9.96. The molecule has 0 aromatic heterocycles. The second kappa shape index (κ2) is 5.81. The highest BCUT2D eigenvalue weighted by Crippen LogP contribution is 2.40. The smallest absolute Gasteiger partial charge is 0.115 e. The molecule has 102 valence electrons. The Morgan fingerprint density at radius 3 is 2.45 bits per heavy atom. The summed E-state index contributed by atoms with van der Waals surface area (Å²) in [6, 6.07) is 18.5. The van der Waals surface area contributed by atoms with Crippen LogP contribution in [-0.4, -0.2) is 17.6 Å². The molecule has 0 saturated heterocycles. The van der Waals surface area contributed by atoms with Crippen molar-refractivity contribution in [3.05, 3.63) is 65.7 Å². The molecule has 0 N–H and O–H groups in total. The summed E-state index contributed by atoms with van der Waals surface area (Å²) >= 11 is 1.70. The predicted molar refractivity (Wildman–Crippen MR) is 85.9 cm³/mol. The van der Waals surface area contributed by atoms with Gasteiger partial charge in [-0.05, 0) is 17.7 Å². The fourth-order valence-corrected chi connectivity index (χ4v) is 3.61. The lowest BCUT2D eigenvalue weighted by molar-refractivity contribution is 0.155. The van der Waals surface area contributed by atoms with Crippen LogP contribution in [0.15, 0.2) is 59.6 Å². The molecular weight excluding hydrogens is 266 g/mol. The minimum Gasteiger partial charge on any atom is -0.370 e. The summed E-state index contributed by atoms with van der Waals surface area (Å²) in [6.45, 7) is 2.21. The van der Waals surface area contributed by atoms with E-state index in [9.17, 15) is 0 Å². The van der Waals surface area contributed by atoms with Crippen molar-refractivity contribution in [3.63, 3.8) is 0 Å². The summed E-state index contributed by atoms with van der Waals surface area (Å²) in [5.41, 5.74) is 3.64. The van der Waals surface area contributed by atoms with E-state index in [1.165, 1.54) is 11.1 Å². The van der Waals surface area contributed by atoms with E-state index < -0.39 is 0 Å². The molecule has 2 nitrogen and oxygen atoms in total. The number of methoxy groups -OCH3 is 1. The summed E-state index contributed by atoms with van der Waals surface area (Å²) in [4.78, 5) is 4.79. The molecule has 3 rings (SSSR count). The first kappa shape index (κ1) is 13.4. The van der Waals surface area contributed by atoms with Crippen molar-refractivity contribution < 1.29 is 4.74 Å². The van der Waals surface area contributed by atoms with Crippen LogP contribution in [0, 0.1) is 0 Å². The van der Waals surface area contributed by atoms with Gasteiger partial charge in [0.25, 0.3) is 0 Å². The number of benzene rings is 2. The molecule has 0 fully saturated rings. The van der Waals surface area contributed by atoms with Gasteiger partial charge in [0.05, 0.1) is 5.69 Å². The van der Waals surface area contributed by atoms with E-state index in [4.69, 9.17) is 9.73 Å². The molecule has 0 saturated carbocycles. The first-order chi connectivity index (χ1) is 9.79. The van der Waals surface area contributed by atoms with Gasteiger partial charge in [0.2, 0.25) is 0 Å². The van der Waals surface area contributed by atoms with Gasteiger partial charge in [-0.25, -0.2) is 4.99 Å². The van der Waals surface area contributed by atoms with Crippen LogP contribution in [-0.2, 0) is 4.74 Å². The summed E-state index contributed by atoms with van der Waals surface area (Å²) in [5.74, 6) is 0.371.